The van der Waals surface area contributed by atoms with Crippen molar-refractivity contribution in [3.63, 3.8) is 0 Å². The summed E-state index contributed by atoms with van der Waals surface area (Å²) in [5.74, 6) is -0.166. The Morgan fingerprint density at radius 1 is 1.42 bits per heavy atom. The first-order valence-electron chi connectivity index (χ1n) is 8.63. The minimum Gasteiger partial charge on any atom is -0.353 e. The molecule has 1 aromatic heterocycles. The van der Waals surface area contributed by atoms with Gasteiger partial charge in [-0.1, -0.05) is 13.3 Å². The molecule has 1 fully saturated rings. The van der Waals surface area contributed by atoms with Gasteiger partial charge in [-0.3, -0.25) is 24.5 Å². The number of nitro groups is 1. The van der Waals surface area contributed by atoms with Gasteiger partial charge in [0.2, 0.25) is 5.91 Å². The Labute approximate surface area is 142 Å². The number of nitrogens with zero attached hydrogens (tertiary/aromatic N) is 4. The Bertz CT molecular complexity index is 599. The van der Waals surface area contributed by atoms with Gasteiger partial charge in [0.25, 0.3) is 0 Å². The number of carbonyl (C=O) groups excluding carboxylic acids is 1. The molecule has 1 N–H and O–H groups in total. The van der Waals surface area contributed by atoms with Crippen LogP contribution in [0.15, 0.2) is 0 Å². The molecule has 0 bridgehead atoms. The number of piperidine rings is 1. The Hall–Kier alpha value is -1.96. The largest absolute Gasteiger partial charge is 0.353 e. The Morgan fingerprint density at radius 3 is 2.79 bits per heavy atom. The quantitative estimate of drug-likeness (QED) is 0.605. The molecule has 1 atom stereocenters. The molecule has 134 valence electrons. The third-order valence-electron chi connectivity index (χ3n) is 4.76. The van der Waals surface area contributed by atoms with Crippen LogP contribution in [-0.2, 0) is 11.3 Å². The third-order valence-corrected chi connectivity index (χ3v) is 4.76. The van der Waals surface area contributed by atoms with Gasteiger partial charge < -0.3 is 5.32 Å². The van der Waals surface area contributed by atoms with Gasteiger partial charge in [-0.05, 0) is 39.7 Å². The van der Waals surface area contributed by atoms with Crippen molar-refractivity contribution in [3.05, 3.63) is 21.5 Å². The van der Waals surface area contributed by atoms with Crippen molar-refractivity contribution in [1.82, 2.24) is 20.0 Å². The Balaban J connectivity index is 1.83. The number of hydrogen-bond donors (Lipinski definition) is 1. The van der Waals surface area contributed by atoms with Crippen molar-refractivity contribution >= 4 is 11.6 Å². The fourth-order valence-electron chi connectivity index (χ4n) is 3.45. The van der Waals surface area contributed by atoms with E-state index < -0.39 is 4.92 Å². The van der Waals surface area contributed by atoms with Gasteiger partial charge in [0, 0.05) is 19.1 Å². The average Bonchev–Trinajstić information content (AvgIpc) is 2.81. The Kier molecular flexibility index (Phi) is 6.30. The Morgan fingerprint density at radius 2 is 2.17 bits per heavy atom. The van der Waals surface area contributed by atoms with Gasteiger partial charge in [0.15, 0.2) is 0 Å². The van der Waals surface area contributed by atoms with Gasteiger partial charge in [0.05, 0.1) is 4.92 Å². The first-order valence-corrected chi connectivity index (χ1v) is 8.63. The molecule has 2 rings (SSSR count). The number of aromatic nitrogens is 2. The zero-order valence-corrected chi connectivity index (χ0v) is 14.7. The van der Waals surface area contributed by atoms with E-state index in [1.807, 2.05) is 0 Å². The highest BCUT2D eigenvalue weighted by molar-refractivity contribution is 5.75. The van der Waals surface area contributed by atoms with Crippen LogP contribution in [0.2, 0.25) is 0 Å². The molecule has 0 saturated carbocycles. The van der Waals surface area contributed by atoms with Gasteiger partial charge in [-0.25, -0.2) is 0 Å². The summed E-state index contributed by atoms with van der Waals surface area (Å²) >= 11 is 0. The van der Waals surface area contributed by atoms with Crippen molar-refractivity contribution in [1.29, 1.82) is 0 Å². The normalized spacial score (nSPS) is 18.5. The van der Waals surface area contributed by atoms with Gasteiger partial charge in [-0.15, -0.1) is 0 Å². The van der Waals surface area contributed by atoms with E-state index >= 15 is 0 Å². The SMILES string of the molecule is CC[C@@H]1CCCCN1CCNC(=O)Cn1nc(C)c([N+](=O)[O-])c1C. The van der Waals surface area contributed by atoms with E-state index in [1.54, 1.807) is 13.8 Å². The minimum atomic E-state index is -0.451. The smallest absolute Gasteiger partial charge is 0.312 e. The van der Waals surface area contributed by atoms with E-state index in [0.29, 0.717) is 24.0 Å². The number of rotatable bonds is 7. The van der Waals surface area contributed by atoms with Gasteiger partial charge in [-0.2, -0.15) is 5.10 Å². The zero-order valence-electron chi connectivity index (χ0n) is 14.7. The number of carbonyl (C=O) groups is 1. The second-order valence-electron chi connectivity index (χ2n) is 6.38. The van der Waals surface area contributed by atoms with Crippen molar-refractivity contribution in [2.24, 2.45) is 0 Å². The minimum absolute atomic E-state index is 0.0116. The molecule has 1 aliphatic heterocycles. The van der Waals surface area contributed by atoms with E-state index in [0.717, 1.165) is 19.5 Å². The maximum atomic E-state index is 12.1. The highest BCUT2D eigenvalue weighted by Crippen LogP contribution is 2.21. The fourth-order valence-corrected chi connectivity index (χ4v) is 3.45. The molecule has 0 spiro atoms. The lowest BCUT2D eigenvalue weighted by Crippen LogP contribution is -2.44. The standard InChI is InChI=1S/C16H27N5O3/c1-4-14-7-5-6-9-19(14)10-8-17-15(22)11-20-13(3)16(21(23)24)12(2)18-20/h14H,4-11H2,1-3H3,(H,17,22)/t14-/m1/s1. The predicted molar refractivity (Wildman–Crippen MR) is 90.9 cm³/mol. The summed E-state index contributed by atoms with van der Waals surface area (Å²) in [4.78, 5) is 25.1. The van der Waals surface area contributed by atoms with Gasteiger partial charge >= 0.3 is 5.69 Å². The molecule has 1 amide bonds. The van der Waals surface area contributed by atoms with Crippen LogP contribution in [0.25, 0.3) is 0 Å². The van der Waals surface area contributed by atoms with Crippen molar-refractivity contribution < 1.29 is 9.72 Å². The molecule has 0 radical (unpaired) electrons. The summed E-state index contributed by atoms with van der Waals surface area (Å²) in [5, 5.41) is 18.0. The third kappa shape index (κ3) is 4.31. The number of likely N-dealkylation sites (tertiary alicyclic amines) is 1. The summed E-state index contributed by atoms with van der Waals surface area (Å²) in [7, 11) is 0. The maximum absolute atomic E-state index is 12.1. The summed E-state index contributed by atoms with van der Waals surface area (Å²) in [6.07, 6.45) is 4.89. The summed E-state index contributed by atoms with van der Waals surface area (Å²) in [6, 6.07) is 0.620. The zero-order chi connectivity index (χ0) is 17.7. The fraction of sp³-hybridized carbons (Fsp3) is 0.750. The van der Waals surface area contributed by atoms with Crippen LogP contribution in [0, 0.1) is 24.0 Å². The van der Waals surface area contributed by atoms with Crippen LogP contribution in [0.3, 0.4) is 0 Å². The molecule has 8 heteroatoms. The van der Waals surface area contributed by atoms with E-state index in [-0.39, 0.29) is 18.1 Å². The first-order chi connectivity index (χ1) is 11.4. The topological polar surface area (TPSA) is 93.3 Å². The number of amides is 1. The van der Waals surface area contributed by atoms with E-state index in [2.05, 4.69) is 22.2 Å². The first kappa shape index (κ1) is 18.4. The highest BCUT2D eigenvalue weighted by Gasteiger charge is 2.23. The lowest BCUT2D eigenvalue weighted by Gasteiger charge is -2.35. The lowest BCUT2D eigenvalue weighted by molar-refractivity contribution is -0.386. The molecular weight excluding hydrogens is 310 g/mol. The molecule has 1 saturated heterocycles. The average molecular weight is 337 g/mol. The molecule has 1 aliphatic rings. The molecule has 1 aromatic rings. The van der Waals surface area contributed by atoms with Crippen LogP contribution >= 0.6 is 0 Å². The molecule has 0 aromatic carbocycles. The summed E-state index contributed by atoms with van der Waals surface area (Å²) in [6.45, 7) is 7.96. The van der Waals surface area contributed by atoms with E-state index in [1.165, 1.54) is 23.9 Å². The number of aryl methyl sites for hydroxylation is 1. The highest BCUT2D eigenvalue weighted by atomic mass is 16.6. The van der Waals surface area contributed by atoms with Gasteiger partial charge in [0.1, 0.15) is 17.9 Å². The second kappa shape index (κ2) is 8.23. The van der Waals surface area contributed by atoms with Crippen molar-refractivity contribution in [3.8, 4) is 0 Å². The van der Waals surface area contributed by atoms with Crippen molar-refractivity contribution in [2.75, 3.05) is 19.6 Å². The summed E-state index contributed by atoms with van der Waals surface area (Å²) < 4.78 is 1.40. The van der Waals surface area contributed by atoms with E-state index in [4.69, 9.17) is 0 Å². The molecule has 8 nitrogen and oxygen atoms in total. The van der Waals surface area contributed by atoms with Crippen LogP contribution < -0.4 is 5.32 Å². The molecule has 0 unspecified atom stereocenters. The number of nitrogens with one attached hydrogen (secondary N) is 1. The lowest BCUT2D eigenvalue weighted by atomic mass is 10.0. The van der Waals surface area contributed by atoms with Crippen LogP contribution in [0.4, 0.5) is 5.69 Å². The second-order valence-corrected chi connectivity index (χ2v) is 6.38. The van der Waals surface area contributed by atoms with Crippen LogP contribution in [0.5, 0.6) is 0 Å². The predicted octanol–water partition coefficient (Wildman–Crippen LogP) is 1.79. The molecular formula is C16H27N5O3. The van der Waals surface area contributed by atoms with Crippen LogP contribution in [0.1, 0.15) is 44.0 Å². The molecule has 24 heavy (non-hydrogen) atoms. The molecule has 0 aliphatic carbocycles. The van der Waals surface area contributed by atoms with E-state index in [9.17, 15) is 14.9 Å². The van der Waals surface area contributed by atoms with Crippen molar-refractivity contribution in [2.45, 2.75) is 59.0 Å². The molecule has 2 heterocycles. The van der Waals surface area contributed by atoms with Crippen LogP contribution in [-0.4, -0.2) is 51.2 Å². The summed E-state index contributed by atoms with van der Waals surface area (Å²) in [5.41, 5.74) is 0.737. The number of hydrogen-bond acceptors (Lipinski definition) is 5. The maximum Gasteiger partial charge on any atom is 0.312 e. The monoisotopic (exact) mass is 337 g/mol.